The first-order valence-corrected chi connectivity index (χ1v) is 7.20. The number of hydrogen-bond acceptors (Lipinski definition) is 3. The molecular formula is C16H13F3N2O3. The van der Waals surface area contributed by atoms with Gasteiger partial charge in [0.25, 0.3) is 5.91 Å². The SMILES string of the molecule is O=C(O)[C@@H]1CN(C(=O)c2cccc3cnccc23)C[C@H]1C(F)(F)F. The van der Waals surface area contributed by atoms with Crippen molar-refractivity contribution in [1.29, 1.82) is 0 Å². The molecule has 2 atom stereocenters. The highest BCUT2D eigenvalue weighted by Crippen LogP contribution is 2.38. The number of carboxylic acids is 1. The third-order valence-electron chi connectivity index (χ3n) is 4.26. The van der Waals surface area contributed by atoms with Gasteiger partial charge < -0.3 is 10.0 Å². The summed E-state index contributed by atoms with van der Waals surface area (Å²) in [5.74, 6) is -5.86. The van der Waals surface area contributed by atoms with Gasteiger partial charge in [0.2, 0.25) is 0 Å². The molecule has 5 nitrogen and oxygen atoms in total. The number of benzene rings is 1. The van der Waals surface area contributed by atoms with Crippen LogP contribution in [0.2, 0.25) is 0 Å². The average molecular weight is 338 g/mol. The van der Waals surface area contributed by atoms with E-state index in [1.807, 2.05) is 0 Å². The number of pyridine rings is 1. The minimum absolute atomic E-state index is 0.238. The lowest BCUT2D eigenvalue weighted by Gasteiger charge is -2.19. The van der Waals surface area contributed by atoms with Gasteiger partial charge in [0.1, 0.15) is 0 Å². The standard InChI is InChI=1S/C16H13F3N2O3/c17-16(18,19)13-8-21(7-12(13)15(23)24)14(22)11-3-1-2-9-6-20-5-4-10(9)11/h1-6,12-13H,7-8H2,(H,23,24)/t12-,13-/m1/s1. The molecule has 8 heteroatoms. The van der Waals surface area contributed by atoms with Gasteiger partial charge in [-0.3, -0.25) is 14.6 Å². The summed E-state index contributed by atoms with van der Waals surface area (Å²) in [5.41, 5.74) is 0.238. The Balaban J connectivity index is 1.94. The Hall–Kier alpha value is -2.64. The number of carboxylic acid groups (broad SMARTS) is 1. The van der Waals surface area contributed by atoms with Crippen molar-refractivity contribution in [3.63, 3.8) is 0 Å². The lowest BCUT2D eigenvalue weighted by Crippen LogP contribution is -2.34. The number of halogens is 3. The fourth-order valence-electron chi connectivity index (χ4n) is 3.03. The Kier molecular flexibility index (Phi) is 3.90. The number of aromatic nitrogens is 1. The number of fused-ring (bicyclic) bond motifs is 1. The summed E-state index contributed by atoms with van der Waals surface area (Å²) in [7, 11) is 0. The topological polar surface area (TPSA) is 70.5 Å². The Morgan fingerprint density at radius 3 is 2.58 bits per heavy atom. The van der Waals surface area contributed by atoms with Gasteiger partial charge in [0.05, 0.1) is 11.8 Å². The van der Waals surface area contributed by atoms with Gasteiger partial charge in [-0.25, -0.2) is 0 Å². The van der Waals surface area contributed by atoms with Crippen molar-refractivity contribution in [2.45, 2.75) is 6.18 Å². The van der Waals surface area contributed by atoms with E-state index < -0.39 is 43.0 Å². The normalized spacial score (nSPS) is 21.2. The molecule has 0 spiro atoms. The molecule has 1 amide bonds. The molecule has 0 saturated carbocycles. The predicted molar refractivity (Wildman–Crippen MR) is 78.3 cm³/mol. The van der Waals surface area contributed by atoms with Crippen LogP contribution >= 0.6 is 0 Å². The molecule has 1 fully saturated rings. The third kappa shape index (κ3) is 2.79. The van der Waals surface area contributed by atoms with E-state index in [1.54, 1.807) is 24.4 Å². The minimum atomic E-state index is -4.67. The average Bonchev–Trinajstić information content (AvgIpc) is 2.99. The van der Waals surface area contributed by atoms with E-state index in [0.717, 1.165) is 4.90 Å². The number of rotatable bonds is 2. The van der Waals surface area contributed by atoms with Crippen LogP contribution in [-0.4, -0.2) is 46.1 Å². The van der Waals surface area contributed by atoms with E-state index in [0.29, 0.717) is 10.8 Å². The molecule has 1 aromatic heterocycles. The Morgan fingerprint density at radius 1 is 1.21 bits per heavy atom. The molecule has 2 heterocycles. The predicted octanol–water partition coefficient (Wildman–Crippen LogP) is 2.57. The highest BCUT2D eigenvalue weighted by Gasteiger charge is 2.53. The summed E-state index contributed by atoms with van der Waals surface area (Å²) in [6.45, 7) is -1.11. The third-order valence-corrected chi connectivity index (χ3v) is 4.26. The Morgan fingerprint density at radius 2 is 1.96 bits per heavy atom. The summed E-state index contributed by atoms with van der Waals surface area (Å²) in [5, 5.41) is 10.3. The summed E-state index contributed by atoms with van der Waals surface area (Å²) in [6.07, 6.45) is -1.63. The number of likely N-dealkylation sites (tertiary alicyclic amines) is 1. The lowest BCUT2D eigenvalue weighted by molar-refractivity contribution is -0.187. The van der Waals surface area contributed by atoms with Gasteiger partial charge in [-0.05, 0) is 17.5 Å². The van der Waals surface area contributed by atoms with Gasteiger partial charge in [0.15, 0.2) is 0 Å². The largest absolute Gasteiger partial charge is 0.481 e. The number of alkyl halides is 3. The molecule has 1 N–H and O–H groups in total. The molecule has 1 aliphatic heterocycles. The van der Waals surface area contributed by atoms with E-state index in [-0.39, 0.29) is 5.56 Å². The number of amides is 1. The van der Waals surface area contributed by atoms with Crippen molar-refractivity contribution in [3.05, 3.63) is 42.2 Å². The second kappa shape index (κ2) is 5.77. The van der Waals surface area contributed by atoms with Crippen LogP contribution < -0.4 is 0 Å². The monoisotopic (exact) mass is 338 g/mol. The molecule has 1 saturated heterocycles. The van der Waals surface area contributed by atoms with Crippen molar-refractivity contribution >= 4 is 22.6 Å². The molecular weight excluding hydrogens is 325 g/mol. The van der Waals surface area contributed by atoms with Crippen molar-refractivity contribution in [1.82, 2.24) is 9.88 Å². The second-order valence-electron chi connectivity index (χ2n) is 5.71. The van der Waals surface area contributed by atoms with Crippen molar-refractivity contribution in [2.75, 3.05) is 13.1 Å². The van der Waals surface area contributed by atoms with Crippen LogP contribution in [0.3, 0.4) is 0 Å². The number of nitrogens with zero attached hydrogens (tertiary/aromatic N) is 2. The highest BCUT2D eigenvalue weighted by atomic mass is 19.4. The molecule has 1 aliphatic rings. The van der Waals surface area contributed by atoms with Gasteiger partial charge in [0, 0.05) is 36.4 Å². The summed E-state index contributed by atoms with van der Waals surface area (Å²) < 4.78 is 39.2. The maximum absolute atomic E-state index is 13.1. The van der Waals surface area contributed by atoms with Gasteiger partial charge in [-0.15, -0.1) is 0 Å². The van der Waals surface area contributed by atoms with E-state index in [4.69, 9.17) is 5.11 Å². The van der Waals surface area contributed by atoms with Gasteiger partial charge in [-0.2, -0.15) is 13.2 Å². The molecule has 0 bridgehead atoms. The number of carbonyl (C=O) groups excluding carboxylic acids is 1. The molecule has 126 valence electrons. The number of hydrogen-bond donors (Lipinski definition) is 1. The first kappa shape index (κ1) is 16.2. The van der Waals surface area contributed by atoms with Crippen LogP contribution in [0.4, 0.5) is 13.2 Å². The molecule has 0 aliphatic carbocycles. The first-order valence-electron chi connectivity index (χ1n) is 7.20. The summed E-state index contributed by atoms with van der Waals surface area (Å²) >= 11 is 0. The van der Waals surface area contributed by atoms with E-state index in [2.05, 4.69) is 4.98 Å². The molecule has 24 heavy (non-hydrogen) atoms. The van der Waals surface area contributed by atoms with Crippen LogP contribution in [0.1, 0.15) is 10.4 Å². The lowest BCUT2D eigenvalue weighted by atomic mass is 9.96. The molecule has 3 rings (SSSR count). The van der Waals surface area contributed by atoms with Crippen LogP contribution in [0, 0.1) is 11.8 Å². The van der Waals surface area contributed by atoms with E-state index in [1.165, 1.54) is 12.3 Å². The summed E-state index contributed by atoms with van der Waals surface area (Å²) in [4.78, 5) is 28.7. The van der Waals surface area contributed by atoms with Crippen molar-refractivity contribution in [3.8, 4) is 0 Å². The van der Waals surface area contributed by atoms with Crippen LogP contribution in [0.5, 0.6) is 0 Å². The van der Waals surface area contributed by atoms with Gasteiger partial charge in [-0.1, -0.05) is 12.1 Å². The fourth-order valence-corrected chi connectivity index (χ4v) is 3.03. The maximum Gasteiger partial charge on any atom is 0.394 e. The van der Waals surface area contributed by atoms with E-state index >= 15 is 0 Å². The fraction of sp³-hybridized carbons (Fsp3) is 0.312. The zero-order valence-corrected chi connectivity index (χ0v) is 12.3. The second-order valence-corrected chi connectivity index (χ2v) is 5.71. The zero-order valence-electron chi connectivity index (χ0n) is 12.3. The van der Waals surface area contributed by atoms with Crippen LogP contribution in [-0.2, 0) is 4.79 Å². The van der Waals surface area contributed by atoms with E-state index in [9.17, 15) is 22.8 Å². The molecule has 1 aromatic carbocycles. The molecule has 0 unspecified atom stereocenters. The number of carbonyl (C=O) groups is 2. The van der Waals surface area contributed by atoms with Crippen LogP contribution in [0.15, 0.2) is 36.7 Å². The van der Waals surface area contributed by atoms with Crippen LogP contribution in [0.25, 0.3) is 10.8 Å². The van der Waals surface area contributed by atoms with Crippen molar-refractivity contribution < 1.29 is 27.9 Å². The van der Waals surface area contributed by atoms with Crippen molar-refractivity contribution in [2.24, 2.45) is 11.8 Å². The Labute approximate surface area is 134 Å². The molecule has 0 radical (unpaired) electrons. The van der Waals surface area contributed by atoms with Gasteiger partial charge >= 0.3 is 12.1 Å². The quantitative estimate of drug-likeness (QED) is 0.914. The number of aliphatic carboxylic acids is 1. The minimum Gasteiger partial charge on any atom is -0.481 e. The highest BCUT2D eigenvalue weighted by molar-refractivity contribution is 6.07. The summed E-state index contributed by atoms with van der Waals surface area (Å²) in [6, 6.07) is 6.47. The smallest absolute Gasteiger partial charge is 0.394 e. The molecule has 2 aromatic rings. The Bertz CT molecular complexity index is 801. The maximum atomic E-state index is 13.1. The zero-order chi connectivity index (χ0) is 17.5. The first-order chi connectivity index (χ1) is 11.3.